The van der Waals surface area contributed by atoms with Gasteiger partial charge >= 0.3 is 5.97 Å². The van der Waals surface area contributed by atoms with E-state index < -0.39 is 17.1 Å². The standard InChI is InChI=1S/C19H19NO6/c1-24-16-6-11-9-19(4-3-5-26-19)20-10-13(18(22)23)15(21)8-14(20)12(11)7-17(16)25-2/h6-8,10H,3-5,9H2,1-2H3,(H,22,23). The highest BCUT2D eigenvalue weighted by Gasteiger charge is 2.42. The van der Waals surface area contributed by atoms with E-state index in [1.54, 1.807) is 18.8 Å². The summed E-state index contributed by atoms with van der Waals surface area (Å²) in [4.78, 5) is 23.8. The first-order valence-corrected chi connectivity index (χ1v) is 8.39. The third-order valence-corrected chi connectivity index (χ3v) is 5.15. The van der Waals surface area contributed by atoms with Crippen LogP contribution in [0, 0.1) is 0 Å². The first-order chi connectivity index (χ1) is 12.5. The van der Waals surface area contributed by atoms with Gasteiger partial charge in [0.25, 0.3) is 0 Å². The Morgan fingerprint density at radius 1 is 1.23 bits per heavy atom. The van der Waals surface area contributed by atoms with E-state index in [-0.39, 0.29) is 5.56 Å². The van der Waals surface area contributed by atoms with Gasteiger partial charge in [0.2, 0.25) is 0 Å². The van der Waals surface area contributed by atoms with Gasteiger partial charge < -0.3 is 23.9 Å². The topological polar surface area (TPSA) is 87.0 Å². The van der Waals surface area contributed by atoms with Crippen molar-refractivity contribution in [2.24, 2.45) is 0 Å². The molecular formula is C19H19NO6. The lowest BCUT2D eigenvalue weighted by molar-refractivity contribution is -0.0635. The molecule has 26 heavy (non-hydrogen) atoms. The largest absolute Gasteiger partial charge is 0.493 e. The van der Waals surface area contributed by atoms with Crippen LogP contribution in [0.25, 0.3) is 11.3 Å². The minimum Gasteiger partial charge on any atom is -0.493 e. The van der Waals surface area contributed by atoms with Gasteiger partial charge in [-0.05, 0) is 30.5 Å². The number of methoxy groups -OCH3 is 2. The van der Waals surface area contributed by atoms with Crippen LogP contribution in [-0.2, 0) is 16.9 Å². The van der Waals surface area contributed by atoms with Gasteiger partial charge in [0.05, 0.1) is 19.9 Å². The zero-order chi connectivity index (χ0) is 18.5. The van der Waals surface area contributed by atoms with Crippen molar-refractivity contribution in [1.29, 1.82) is 0 Å². The van der Waals surface area contributed by atoms with Crippen molar-refractivity contribution >= 4 is 5.97 Å². The number of carbonyl (C=O) groups is 1. The summed E-state index contributed by atoms with van der Waals surface area (Å²) in [7, 11) is 3.13. The van der Waals surface area contributed by atoms with Crippen molar-refractivity contribution in [3.8, 4) is 22.8 Å². The van der Waals surface area contributed by atoms with Crippen LogP contribution in [0.5, 0.6) is 11.5 Å². The molecule has 136 valence electrons. The second-order valence-corrected chi connectivity index (χ2v) is 6.55. The number of hydrogen-bond acceptors (Lipinski definition) is 5. The van der Waals surface area contributed by atoms with Gasteiger partial charge in [-0.2, -0.15) is 0 Å². The minimum atomic E-state index is -1.24. The van der Waals surface area contributed by atoms with E-state index in [9.17, 15) is 14.7 Å². The predicted octanol–water partition coefficient (Wildman–Crippen LogP) is 2.25. The average molecular weight is 357 g/mol. The lowest BCUT2D eigenvalue weighted by Crippen LogP contribution is -2.40. The number of benzene rings is 1. The highest BCUT2D eigenvalue weighted by Crippen LogP contribution is 2.46. The van der Waals surface area contributed by atoms with Crippen molar-refractivity contribution in [3.05, 3.63) is 45.7 Å². The highest BCUT2D eigenvalue weighted by molar-refractivity contribution is 5.88. The molecule has 2 aliphatic rings. The first kappa shape index (κ1) is 16.7. The number of aromatic nitrogens is 1. The van der Waals surface area contributed by atoms with Gasteiger partial charge in [0.1, 0.15) is 11.3 Å². The Bertz CT molecular complexity index is 955. The second kappa shape index (κ2) is 5.88. The van der Waals surface area contributed by atoms with Gasteiger partial charge in [-0.25, -0.2) is 4.79 Å². The maximum atomic E-state index is 12.3. The molecule has 1 fully saturated rings. The van der Waals surface area contributed by atoms with Crippen LogP contribution in [0.4, 0.5) is 0 Å². The summed E-state index contributed by atoms with van der Waals surface area (Å²) in [5, 5.41) is 9.35. The lowest BCUT2D eigenvalue weighted by Gasteiger charge is -2.39. The van der Waals surface area contributed by atoms with Crippen molar-refractivity contribution in [2.45, 2.75) is 25.0 Å². The van der Waals surface area contributed by atoms with Crippen LogP contribution in [-0.4, -0.2) is 36.5 Å². The maximum absolute atomic E-state index is 12.3. The van der Waals surface area contributed by atoms with Crippen LogP contribution in [0.2, 0.25) is 0 Å². The molecule has 1 aromatic heterocycles. The Hall–Kier alpha value is -2.80. The molecule has 0 bridgehead atoms. The van der Waals surface area contributed by atoms with Crippen molar-refractivity contribution < 1.29 is 24.1 Å². The molecule has 7 nitrogen and oxygen atoms in total. The molecule has 0 saturated carbocycles. The number of rotatable bonds is 3. The summed E-state index contributed by atoms with van der Waals surface area (Å²) in [5.41, 5.74) is 0.959. The fourth-order valence-electron chi connectivity index (χ4n) is 3.94. The van der Waals surface area contributed by atoms with Gasteiger partial charge in [0, 0.05) is 30.9 Å². The third-order valence-electron chi connectivity index (χ3n) is 5.15. The molecule has 4 rings (SSSR count). The predicted molar refractivity (Wildman–Crippen MR) is 93.1 cm³/mol. The molecule has 1 aromatic carbocycles. The van der Waals surface area contributed by atoms with Gasteiger partial charge in [-0.3, -0.25) is 4.79 Å². The quantitative estimate of drug-likeness (QED) is 0.907. The highest BCUT2D eigenvalue weighted by atomic mass is 16.5. The van der Waals surface area contributed by atoms with E-state index in [4.69, 9.17) is 14.2 Å². The molecule has 1 saturated heterocycles. The fraction of sp³-hybridized carbons (Fsp3) is 0.368. The molecule has 0 radical (unpaired) electrons. The molecular weight excluding hydrogens is 338 g/mol. The van der Waals surface area contributed by atoms with Crippen LogP contribution in [0.15, 0.2) is 29.2 Å². The Balaban J connectivity index is 2.02. The van der Waals surface area contributed by atoms with E-state index in [1.807, 2.05) is 12.1 Å². The van der Waals surface area contributed by atoms with Crippen molar-refractivity contribution in [3.63, 3.8) is 0 Å². The van der Waals surface area contributed by atoms with Gasteiger partial charge in [-0.15, -0.1) is 0 Å². The second-order valence-electron chi connectivity index (χ2n) is 6.55. The Kier molecular flexibility index (Phi) is 3.77. The van der Waals surface area contributed by atoms with E-state index in [0.717, 1.165) is 24.0 Å². The zero-order valence-electron chi connectivity index (χ0n) is 14.6. The number of nitrogens with zero attached hydrogens (tertiary/aromatic N) is 1. The molecule has 0 aliphatic carbocycles. The smallest absolute Gasteiger partial charge is 0.341 e. The molecule has 3 heterocycles. The summed E-state index contributed by atoms with van der Waals surface area (Å²) in [5.74, 6) is -0.0789. The average Bonchev–Trinajstić information content (AvgIpc) is 3.09. The van der Waals surface area contributed by atoms with Crippen molar-refractivity contribution in [2.75, 3.05) is 20.8 Å². The normalized spacial score (nSPS) is 20.5. The van der Waals surface area contributed by atoms with E-state index in [0.29, 0.717) is 30.2 Å². The zero-order valence-corrected chi connectivity index (χ0v) is 14.6. The molecule has 1 unspecified atom stereocenters. The van der Waals surface area contributed by atoms with Crippen LogP contribution >= 0.6 is 0 Å². The molecule has 1 atom stereocenters. The number of aromatic carboxylic acids is 1. The summed E-state index contributed by atoms with van der Waals surface area (Å²) < 4.78 is 18.7. The summed E-state index contributed by atoms with van der Waals surface area (Å²) in [6, 6.07) is 5.09. The Morgan fingerprint density at radius 3 is 2.58 bits per heavy atom. The lowest BCUT2D eigenvalue weighted by atomic mass is 9.88. The number of hydrogen-bond donors (Lipinski definition) is 1. The molecule has 1 spiro atoms. The van der Waals surface area contributed by atoms with Crippen LogP contribution in [0.1, 0.15) is 28.8 Å². The van der Waals surface area contributed by atoms with Gasteiger partial charge in [0.15, 0.2) is 16.9 Å². The third kappa shape index (κ3) is 2.31. The molecule has 2 aromatic rings. The van der Waals surface area contributed by atoms with E-state index >= 15 is 0 Å². The Labute approximate surface area is 149 Å². The van der Waals surface area contributed by atoms with Crippen molar-refractivity contribution in [1.82, 2.24) is 4.57 Å². The summed E-state index contributed by atoms with van der Waals surface area (Å²) in [6.07, 6.45) is 3.59. The van der Waals surface area contributed by atoms with Crippen LogP contribution in [0.3, 0.4) is 0 Å². The molecule has 7 heteroatoms. The first-order valence-electron chi connectivity index (χ1n) is 8.39. The number of ether oxygens (including phenoxy) is 3. The fourth-order valence-corrected chi connectivity index (χ4v) is 3.94. The van der Waals surface area contributed by atoms with E-state index in [2.05, 4.69) is 0 Å². The molecule has 0 amide bonds. The summed E-state index contributed by atoms with van der Waals surface area (Å²) >= 11 is 0. The number of pyridine rings is 1. The molecule has 1 N–H and O–H groups in total. The minimum absolute atomic E-state index is 0.257. The Morgan fingerprint density at radius 2 is 1.96 bits per heavy atom. The number of fused-ring (bicyclic) bond motifs is 4. The maximum Gasteiger partial charge on any atom is 0.341 e. The van der Waals surface area contributed by atoms with Gasteiger partial charge in [-0.1, -0.05) is 0 Å². The van der Waals surface area contributed by atoms with Crippen LogP contribution < -0.4 is 14.9 Å². The number of carboxylic acids is 1. The molecule has 2 aliphatic heterocycles. The summed E-state index contributed by atoms with van der Waals surface area (Å²) in [6.45, 7) is 0.594. The monoisotopic (exact) mass is 357 g/mol. The SMILES string of the molecule is COc1cc2c(cc1OC)-c1cc(=O)c(C(=O)O)cn1C1(CCCO1)C2. The number of carboxylic acid groups (broad SMARTS) is 1. The van der Waals surface area contributed by atoms with E-state index in [1.165, 1.54) is 12.3 Å².